The van der Waals surface area contributed by atoms with E-state index >= 15 is 0 Å². The van der Waals surface area contributed by atoms with Crippen LogP contribution in [-0.2, 0) is 16.3 Å². The van der Waals surface area contributed by atoms with Crippen LogP contribution in [0.5, 0.6) is 0 Å². The fourth-order valence-electron chi connectivity index (χ4n) is 3.89. The average molecular weight is 409 g/mol. The molecule has 3 aromatic rings. The lowest BCUT2D eigenvalue weighted by Gasteiger charge is -2.19. The smallest absolute Gasteiger partial charge is 0.256 e. The number of para-hydroxylation sites is 1. The SMILES string of the molecule is CCCc1ccc(S(=O)(=O)c2c(C(=O)N3CCCC3)cnc3ccccc23)cc1. The lowest BCUT2D eigenvalue weighted by atomic mass is 10.1. The third kappa shape index (κ3) is 3.65. The molecule has 1 aliphatic rings. The van der Waals surface area contributed by atoms with E-state index in [4.69, 9.17) is 0 Å². The van der Waals surface area contributed by atoms with Gasteiger partial charge in [-0.3, -0.25) is 9.78 Å². The highest BCUT2D eigenvalue weighted by Gasteiger charge is 2.30. The average Bonchev–Trinajstić information content (AvgIpc) is 3.28. The van der Waals surface area contributed by atoms with E-state index < -0.39 is 9.84 Å². The van der Waals surface area contributed by atoms with Crippen LogP contribution in [0.15, 0.2) is 64.5 Å². The summed E-state index contributed by atoms with van der Waals surface area (Å²) in [7, 11) is -3.89. The first-order valence-electron chi connectivity index (χ1n) is 10.0. The number of likely N-dealkylation sites (tertiary alicyclic amines) is 1. The number of aromatic nitrogens is 1. The zero-order valence-corrected chi connectivity index (χ0v) is 17.3. The highest BCUT2D eigenvalue weighted by Crippen LogP contribution is 2.32. The number of hydrogen-bond donors (Lipinski definition) is 0. The molecular formula is C23H24N2O3S. The van der Waals surface area contributed by atoms with E-state index in [-0.39, 0.29) is 21.3 Å². The van der Waals surface area contributed by atoms with E-state index in [1.165, 1.54) is 6.20 Å². The Kier molecular flexibility index (Phi) is 5.37. The van der Waals surface area contributed by atoms with Crippen LogP contribution < -0.4 is 0 Å². The quantitative estimate of drug-likeness (QED) is 0.633. The number of pyridine rings is 1. The molecule has 0 saturated carbocycles. The largest absolute Gasteiger partial charge is 0.339 e. The summed E-state index contributed by atoms with van der Waals surface area (Å²) >= 11 is 0. The summed E-state index contributed by atoms with van der Waals surface area (Å²) < 4.78 is 27.3. The molecule has 6 heteroatoms. The molecule has 1 aliphatic heterocycles. The van der Waals surface area contributed by atoms with E-state index in [0.717, 1.165) is 31.2 Å². The molecule has 0 bridgehead atoms. The Hall–Kier alpha value is -2.73. The molecule has 1 amide bonds. The Morgan fingerprint density at radius 1 is 1.03 bits per heavy atom. The zero-order valence-electron chi connectivity index (χ0n) is 16.5. The molecule has 2 aromatic carbocycles. The van der Waals surface area contributed by atoms with Gasteiger partial charge in [-0.2, -0.15) is 0 Å². The minimum absolute atomic E-state index is 0.0586. The lowest BCUT2D eigenvalue weighted by Crippen LogP contribution is -2.29. The maximum absolute atomic E-state index is 13.7. The predicted molar refractivity (Wildman–Crippen MR) is 113 cm³/mol. The van der Waals surface area contributed by atoms with E-state index in [0.29, 0.717) is 24.0 Å². The number of aryl methyl sites for hydroxylation is 1. The predicted octanol–water partition coefficient (Wildman–Crippen LogP) is 4.26. The molecule has 0 radical (unpaired) electrons. The highest BCUT2D eigenvalue weighted by atomic mass is 32.2. The second-order valence-electron chi connectivity index (χ2n) is 7.41. The number of nitrogens with zero attached hydrogens (tertiary/aromatic N) is 2. The summed E-state index contributed by atoms with van der Waals surface area (Å²) in [6.45, 7) is 3.39. The first-order chi connectivity index (χ1) is 14.0. The van der Waals surface area contributed by atoms with E-state index in [2.05, 4.69) is 11.9 Å². The van der Waals surface area contributed by atoms with Gasteiger partial charge in [-0.05, 0) is 43.0 Å². The molecular weight excluding hydrogens is 384 g/mol. The van der Waals surface area contributed by atoms with Crippen LogP contribution in [0.1, 0.15) is 42.1 Å². The molecule has 5 nitrogen and oxygen atoms in total. The standard InChI is InChI=1S/C23H24N2O3S/c1-2-7-17-10-12-18(13-11-17)29(27,28)22-19-8-3-4-9-21(19)24-16-20(22)23(26)25-14-5-6-15-25/h3-4,8-13,16H,2,5-7,14-15H2,1H3. The van der Waals surface area contributed by atoms with Gasteiger partial charge >= 0.3 is 0 Å². The maximum atomic E-state index is 13.7. The number of fused-ring (bicyclic) bond motifs is 1. The van der Waals surface area contributed by atoms with E-state index in [9.17, 15) is 13.2 Å². The maximum Gasteiger partial charge on any atom is 0.256 e. The van der Waals surface area contributed by atoms with Crippen LogP contribution in [0.4, 0.5) is 0 Å². The van der Waals surface area contributed by atoms with Crippen LogP contribution in [0.2, 0.25) is 0 Å². The Morgan fingerprint density at radius 3 is 2.41 bits per heavy atom. The summed E-state index contributed by atoms with van der Waals surface area (Å²) in [6.07, 6.45) is 5.19. The zero-order chi connectivity index (χ0) is 20.4. The number of amides is 1. The fraction of sp³-hybridized carbons (Fsp3) is 0.304. The monoisotopic (exact) mass is 408 g/mol. The Bertz CT molecular complexity index is 1150. The fourth-order valence-corrected chi connectivity index (χ4v) is 5.51. The van der Waals surface area contributed by atoms with Gasteiger partial charge in [-0.25, -0.2) is 8.42 Å². The van der Waals surface area contributed by atoms with Gasteiger partial charge in [0, 0.05) is 24.7 Å². The normalized spacial score (nSPS) is 14.4. The Balaban J connectivity index is 1.90. The van der Waals surface area contributed by atoms with Crippen LogP contribution in [-0.4, -0.2) is 37.3 Å². The molecule has 1 fully saturated rings. The van der Waals surface area contributed by atoms with Gasteiger partial charge < -0.3 is 4.90 Å². The molecule has 1 aromatic heterocycles. The summed E-state index contributed by atoms with van der Waals surface area (Å²) in [5.74, 6) is -0.262. The second-order valence-corrected chi connectivity index (χ2v) is 9.30. The van der Waals surface area contributed by atoms with Gasteiger partial charge in [-0.1, -0.05) is 43.7 Å². The molecule has 4 rings (SSSR count). The summed E-state index contributed by atoms with van der Waals surface area (Å²) in [5.41, 5.74) is 1.81. The Labute approximate surface area is 171 Å². The molecule has 150 valence electrons. The molecule has 0 aliphatic carbocycles. The van der Waals surface area contributed by atoms with Gasteiger partial charge in [0.15, 0.2) is 0 Å². The van der Waals surface area contributed by atoms with Crippen LogP contribution >= 0.6 is 0 Å². The topological polar surface area (TPSA) is 67.3 Å². The number of carbonyl (C=O) groups is 1. The van der Waals surface area contributed by atoms with Gasteiger partial charge in [0.2, 0.25) is 9.84 Å². The van der Waals surface area contributed by atoms with Crippen LogP contribution in [0.3, 0.4) is 0 Å². The van der Waals surface area contributed by atoms with Gasteiger partial charge in [0.25, 0.3) is 5.91 Å². The van der Waals surface area contributed by atoms with Crippen molar-refractivity contribution in [2.75, 3.05) is 13.1 Å². The van der Waals surface area contributed by atoms with Gasteiger partial charge in [0.05, 0.1) is 20.9 Å². The van der Waals surface area contributed by atoms with Crippen molar-refractivity contribution in [3.63, 3.8) is 0 Å². The molecule has 29 heavy (non-hydrogen) atoms. The summed E-state index contributed by atoms with van der Waals surface area (Å²) in [6, 6.07) is 14.1. The first kappa shape index (κ1) is 19.6. The summed E-state index contributed by atoms with van der Waals surface area (Å²) in [4.78, 5) is 19.5. The van der Waals surface area contributed by atoms with Crippen LogP contribution in [0.25, 0.3) is 10.9 Å². The highest BCUT2D eigenvalue weighted by molar-refractivity contribution is 7.91. The number of rotatable bonds is 5. The molecule has 0 atom stereocenters. The van der Waals surface area contributed by atoms with Crippen molar-refractivity contribution < 1.29 is 13.2 Å². The molecule has 0 spiro atoms. The number of carbonyl (C=O) groups excluding carboxylic acids is 1. The lowest BCUT2D eigenvalue weighted by molar-refractivity contribution is 0.0789. The van der Waals surface area contributed by atoms with Crippen LogP contribution in [0, 0.1) is 0 Å². The van der Waals surface area contributed by atoms with Gasteiger partial charge in [0.1, 0.15) is 0 Å². The van der Waals surface area contributed by atoms with Crippen molar-refractivity contribution in [1.29, 1.82) is 0 Å². The minimum atomic E-state index is -3.89. The number of benzene rings is 2. The van der Waals surface area contributed by atoms with Gasteiger partial charge in [-0.15, -0.1) is 0 Å². The molecule has 1 saturated heterocycles. The van der Waals surface area contributed by atoms with Crippen molar-refractivity contribution in [2.24, 2.45) is 0 Å². The number of sulfone groups is 1. The van der Waals surface area contributed by atoms with Crippen molar-refractivity contribution in [2.45, 2.75) is 42.4 Å². The second kappa shape index (κ2) is 7.95. The van der Waals surface area contributed by atoms with Crippen molar-refractivity contribution in [3.8, 4) is 0 Å². The van der Waals surface area contributed by atoms with E-state index in [1.54, 1.807) is 35.2 Å². The molecule has 2 heterocycles. The first-order valence-corrected chi connectivity index (χ1v) is 11.5. The van der Waals surface area contributed by atoms with Crippen molar-refractivity contribution in [1.82, 2.24) is 9.88 Å². The third-order valence-electron chi connectivity index (χ3n) is 5.39. The Morgan fingerprint density at radius 2 is 1.72 bits per heavy atom. The summed E-state index contributed by atoms with van der Waals surface area (Å²) in [5, 5.41) is 0.482. The number of hydrogen-bond acceptors (Lipinski definition) is 4. The van der Waals surface area contributed by atoms with E-state index in [1.807, 2.05) is 18.2 Å². The molecule has 0 unspecified atom stereocenters. The minimum Gasteiger partial charge on any atom is -0.339 e. The van der Waals surface area contributed by atoms with Crippen molar-refractivity contribution in [3.05, 3.63) is 65.9 Å². The molecule has 0 N–H and O–H groups in total. The third-order valence-corrected chi connectivity index (χ3v) is 7.26. The van der Waals surface area contributed by atoms with Crippen molar-refractivity contribution >= 4 is 26.6 Å².